The van der Waals surface area contributed by atoms with Crippen molar-refractivity contribution in [3.8, 4) is 0 Å². The molecule has 3 rings (SSSR count). The van der Waals surface area contributed by atoms with Gasteiger partial charge >= 0.3 is 0 Å². The van der Waals surface area contributed by atoms with Gasteiger partial charge in [-0.1, -0.05) is 31.0 Å². The molecule has 1 aromatic heterocycles. The van der Waals surface area contributed by atoms with Crippen LogP contribution in [0.3, 0.4) is 0 Å². The molecule has 0 radical (unpaired) electrons. The highest BCUT2D eigenvalue weighted by molar-refractivity contribution is 7.99. The largest absolute Gasteiger partial charge is 0.454 e. The zero-order chi connectivity index (χ0) is 16.9. The van der Waals surface area contributed by atoms with Crippen molar-refractivity contribution < 1.29 is 9.21 Å². The van der Waals surface area contributed by atoms with Gasteiger partial charge in [0.25, 0.3) is 0 Å². The Morgan fingerprint density at radius 1 is 1.38 bits per heavy atom. The number of thioether (sulfide) groups is 1. The summed E-state index contributed by atoms with van der Waals surface area (Å²) in [7, 11) is 0. The Balaban J connectivity index is 1.57. The zero-order valence-electron chi connectivity index (χ0n) is 14.5. The lowest BCUT2D eigenvalue weighted by Crippen LogP contribution is -2.42. The Morgan fingerprint density at radius 3 is 2.92 bits per heavy atom. The van der Waals surface area contributed by atoms with Crippen LogP contribution in [-0.4, -0.2) is 41.2 Å². The molecule has 0 aromatic carbocycles. The predicted octanol–water partition coefficient (Wildman–Crippen LogP) is 2.74. The van der Waals surface area contributed by atoms with E-state index in [0.29, 0.717) is 18.3 Å². The van der Waals surface area contributed by atoms with Crippen LogP contribution < -0.4 is 11.1 Å². The summed E-state index contributed by atoms with van der Waals surface area (Å²) in [5, 5.41) is 4.62. The minimum atomic E-state index is -0.139. The number of furan rings is 1. The molecule has 1 saturated carbocycles. The first-order chi connectivity index (χ1) is 11.7. The molecule has 24 heavy (non-hydrogen) atoms. The fraction of sp³-hybridized carbons (Fsp3) is 0.722. The maximum Gasteiger partial charge on any atom is 0.237 e. The lowest BCUT2D eigenvalue weighted by Gasteiger charge is -2.22. The number of likely N-dealkylation sites (tertiary alicyclic amines) is 1. The normalized spacial score (nSPS) is 25.9. The highest BCUT2D eigenvalue weighted by Gasteiger charge is 2.35. The van der Waals surface area contributed by atoms with Crippen LogP contribution in [0.25, 0.3) is 0 Å². The van der Waals surface area contributed by atoms with Crippen LogP contribution in [0.1, 0.15) is 51.2 Å². The van der Waals surface area contributed by atoms with E-state index in [9.17, 15) is 4.79 Å². The third-order valence-electron chi connectivity index (χ3n) is 4.92. The van der Waals surface area contributed by atoms with Gasteiger partial charge in [0.1, 0.15) is 5.76 Å². The first-order valence-corrected chi connectivity index (χ1v) is 10.1. The van der Waals surface area contributed by atoms with E-state index < -0.39 is 0 Å². The van der Waals surface area contributed by atoms with Gasteiger partial charge in [0.05, 0.1) is 12.6 Å². The number of nitrogens with two attached hydrogens (primary N) is 1. The summed E-state index contributed by atoms with van der Waals surface area (Å²) in [6.45, 7) is 3.99. The number of hydrogen-bond acceptors (Lipinski definition) is 5. The first kappa shape index (κ1) is 17.8. The van der Waals surface area contributed by atoms with Gasteiger partial charge in [0.2, 0.25) is 5.91 Å². The molecule has 1 aliphatic carbocycles. The van der Waals surface area contributed by atoms with E-state index in [2.05, 4.69) is 16.3 Å². The van der Waals surface area contributed by atoms with Crippen LogP contribution in [0, 0.1) is 0 Å². The zero-order valence-corrected chi connectivity index (χ0v) is 15.3. The van der Waals surface area contributed by atoms with Crippen molar-refractivity contribution in [2.75, 3.05) is 13.1 Å². The minimum Gasteiger partial charge on any atom is -0.454 e. The Kier molecular flexibility index (Phi) is 6.25. The number of carbonyl (C=O) groups excluding carboxylic acids is 1. The lowest BCUT2D eigenvalue weighted by atomic mass is 10.0. The topological polar surface area (TPSA) is 71.5 Å². The third kappa shape index (κ3) is 4.55. The second kappa shape index (κ2) is 8.41. The van der Waals surface area contributed by atoms with Crippen molar-refractivity contribution in [2.45, 2.75) is 74.4 Å². The van der Waals surface area contributed by atoms with Crippen LogP contribution in [-0.2, 0) is 11.3 Å². The molecule has 1 aliphatic heterocycles. The molecule has 1 aromatic rings. The summed E-state index contributed by atoms with van der Waals surface area (Å²) in [5.74, 6) is 1.01. The van der Waals surface area contributed by atoms with Crippen LogP contribution in [0.4, 0.5) is 0 Å². The number of amides is 1. The molecule has 0 spiro atoms. The SMILES string of the molecule is CCNC(=O)[C@@H]1C[C@H](N)CN1Cc1ccc(SC2CCCCC2)o1. The summed E-state index contributed by atoms with van der Waals surface area (Å²) in [5.41, 5.74) is 6.08. The van der Waals surface area contributed by atoms with Crippen molar-refractivity contribution in [3.63, 3.8) is 0 Å². The molecule has 2 aliphatic rings. The predicted molar refractivity (Wildman–Crippen MR) is 96.9 cm³/mol. The van der Waals surface area contributed by atoms with Gasteiger partial charge in [-0.05, 0) is 38.3 Å². The van der Waals surface area contributed by atoms with Gasteiger partial charge < -0.3 is 15.5 Å². The molecule has 0 unspecified atom stereocenters. The van der Waals surface area contributed by atoms with Crippen LogP contribution >= 0.6 is 11.8 Å². The average molecular weight is 352 g/mol. The summed E-state index contributed by atoms with van der Waals surface area (Å²) in [4.78, 5) is 14.4. The second-order valence-corrected chi connectivity index (χ2v) is 8.24. The van der Waals surface area contributed by atoms with E-state index in [4.69, 9.17) is 10.2 Å². The maximum atomic E-state index is 12.2. The molecular weight excluding hydrogens is 322 g/mol. The molecule has 2 fully saturated rings. The number of hydrogen-bond donors (Lipinski definition) is 2. The van der Waals surface area contributed by atoms with Gasteiger partial charge in [0.15, 0.2) is 5.09 Å². The maximum absolute atomic E-state index is 12.2. The monoisotopic (exact) mass is 351 g/mol. The molecule has 1 amide bonds. The number of nitrogens with one attached hydrogen (secondary N) is 1. The van der Waals surface area contributed by atoms with Gasteiger partial charge in [-0.3, -0.25) is 9.69 Å². The summed E-state index contributed by atoms with van der Waals surface area (Å²) < 4.78 is 6.02. The average Bonchev–Trinajstić information content (AvgIpc) is 3.15. The quantitative estimate of drug-likeness (QED) is 0.824. The number of carbonyl (C=O) groups is 1. The van der Waals surface area contributed by atoms with Crippen LogP contribution in [0.15, 0.2) is 21.6 Å². The van der Waals surface area contributed by atoms with E-state index in [1.165, 1.54) is 32.1 Å². The Bertz CT molecular complexity index is 542. The lowest BCUT2D eigenvalue weighted by molar-refractivity contribution is -0.125. The summed E-state index contributed by atoms with van der Waals surface area (Å²) >= 11 is 1.87. The molecule has 5 nitrogen and oxygen atoms in total. The number of nitrogens with zero attached hydrogens (tertiary/aromatic N) is 1. The molecule has 134 valence electrons. The smallest absolute Gasteiger partial charge is 0.237 e. The van der Waals surface area contributed by atoms with E-state index in [1.54, 1.807) is 0 Å². The van der Waals surface area contributed by atoms with E-state index in [-0.39, 0.29) is 18.0 Å². The van der Waals surface area contributed by atoms with Crippen molar-refractivity contribution in [3.05, 3.63) is 17.9 Å². The minimum absolute atomic E-state index is 0.0589. The van der Waals surface area contributed by atoms with E-state index in [0.717, 1.165) is 23.8 Å². The Labute approximate surface area is 148 Å². The molecule has 6 heteroatoms. The van der Waals surface area contributed by atoms with E-state index in [1.807, 2.05) is 24.8 Å². The second-order valence-electron chi connectivity index (χ2n) is 6.93. The van der Waals surface area contributed by atoms with Crippen molar-refractivity contribution in [2.24, 2.45) is 5.73 Å². The highest BCUT2D eigenvalue weighted by atomic mass is 32.2. The van der Waals surface area contributed by atoms with Crippen LogP contribution in [0.2, 0.25) is 0 Å². The fourth-order valence-electron chi connectivity index (χ4n) is 3.73. The van der Waals surface area contributed by atoms with Gasteiger partial charge in [-0.2, -0.15) is 0 Å². The van der Waals surface area contributed by atoms with Crippen molar-refractivity contribution in [1.29, 1.82) is 0 Å². The van der Waals surface area contributed by atoms with E-state index >= 15 is 0 Å². The summed E-state index contributed by atoms with van der Waals surface area (Å²) in [6, 6.07) is 4.04. The fourth-order valence-corrected chi connectivity index (χ4v) is 4.93. The van der Waals surface area contributed by atoms with Gasteiger partial charge in [-0.25, -0.2) is 0 Å². The van der Waals surface area contributed by atoms with Gasteiger partial charge in [-0.15, -0.1) is 0 Å². The van der Waals surface area contributed by atoms with Crippen molar-refractivity contribution in [1.82, 2.24) is 10.2 Å². The molecule has 2 heterocycles. The molecule has 2 atom stereocenters. The Morgan fingerprint density at radius 2 is 2.17 bits per heavy atom. The Hall–Kier alpha value is -0.980. The molecular formula is C18H29N3O2S. The number of likely N-dealkylation sites (N-methyl/N-ethyl adjacent to an activating group) is 1. The van der Waals surface area contributed by atoms with Crippen LogP contribution in [0.5, 0.6) is 0 Å². The van der Waals surface area contributed by atoms with Gasteiger partial charge in [0, 0.05) is 24.4 Å². The standard InChI is InChI=1S/C18H29N3O2S/c1-2-20-18(22)16-10-13(19)11-21(16)12-14-8-9-17(23-14)24-15-6-4-3-5-7-15/h8-9,13,15-16H,2-7,10-12,19H2,1H3,(H,20,22)/t13-,16-/m0/s1. The molecule has 3 N–H and O–H groups in total. The highest BCUT2D eigenvalue weighted by Crippen LogP contribution is 2.34. The summed E-state index contributed by atoms with van der Waals surface area (Å²) in [6.07, 6.45) is 7.35. The first-order valence-electron chi connectivity index (χ1n) is 9.18. The third-order valence-corrected chi connectivity index (χ3v) is 6.18. The molecule has 0 bridgehead atoms. The molecule has 1 saturated heterocycles. The van der Waals surface area contributed by atoms with Crippen molar-refractivity contribution >= 4 is 17.7 Å². The number of rotatable bonds is 6.